The molecule has 2 amide bonds. The number of carbonyl (C=O) groups is 3. The van der Waals surface area contributed by atoms with Crippen LogP contribution in [0.1, 0.15) is 32.6 Å². The number of hydrogen-bond acceptors (Lipinski definition) is 4. The van der Waals surface area contributed by atoms with Crippen molar-refractivity contribution < 1.29 is 19.1 Å². The Balaban J connectivity index is 1.91. The van der Waals surface area contributed by atoms with Crippen molar-refractivity contribution in [3.63, 3.8) is 0 Å². The van der Waals surface area contributed by atoms with E-state index >= 15 is 0 Å². The Kier molecular flexibility index (Phi) is 4.39. The van der Waals surface area contributed by atoms with Gasteiger partial charge >= 0.3 is 5.97 Å². The number of nitrogens with zero attached hydrogens (tertiary/aromatic N) is 1. The van der Waals surface area contributed by atoms with Crippen LogP contribution in [0.5, 0.6) is 0 Å². The third kappa shape index (κ3) is 3.24. The number of amides is 2. The van der Waals surface area contributed by atoms with Gasteiger partial charge in [-0.2, -0.15) is 0 Å². The Morgan fingerprint density at radius 3 is 2.84 bits per heavy atom. The molecule has 2 rings (SSSR count). The van der Waals surface area contributed by atoms with Gasteiger partial charge in [-0.05, 0) is 26.2 Å². The van der Waals surface area contributed by atoms with E-state index in [2.05, 4.69) is 5.32 Å². The molecule has 0 aromatic heterocycles. The van der Waals surface area contributed by atoms with Gasteiger partial charge in [-0.25, -0.2) is 0 Å². The second-order valence-electron chi connectivity index (χ2n) is 5.03. The van der Waals surface area contributed by atoms with Gasteiger partial charge in [0.1, 0.15) is 6.04 Å². The summed E-state index contributed by atoms with van der Waals surface area (Å²) in [7, 11) is 0. The normalized spacial score (nSPS) is 27.0. The number of likely N-dealkylation sites (tertiary alicyclic amines) is 1. The number of rotatable bonds is 3. The van der Waals surface area contributed by atoms with E-state index in [-0.39, 0.29) is 23.7 Å². The zero-order valence-corrected chi connectivity index (χ0v) is 11.2. The first-order valence-electron chi connectivity index (χ1n) is 6.86. The number of hydrogen-bond donors (Lipinski definition) is 1. The van der Waals surface area contributed by atoms with Gasteiger partial charge in [0.05, 0.1) is 12.5 Å². The second kappa shape index (κ2) is 6.04. The van der Waals surface area contributed by atoms with Crippen LogP contribution in [0.25, 0.3) is 0 Å². The van der Waals surface area contributed by atoms with Gasteiger partial charge in [-0.1, -0.05) is 0 Å². The lowest BCUT2D eigenvalue weighted by molar-refractivity contribution is -0.151. The van der Waals surface area contributed by atoms with E-state index < -0.39 is 6.04 Å². The lowest BCUT2D eigenvalue weighted by atomic mass is 9.97. The minimum atomic E-state index is -0.409. The molecule has 1 unspecified atom stereocenters. The van der Waals surface area contributed by atoms with Crippen molar-refractivity contribution in [3.05, 3.63) is 0 Å². The minimum Gasteiger partial charge on any atom is -0.466 e. The molecule has 0 aromatic rings. The predicted molar refractivity (Wildman–Crippen MR) is 67.1 cm³/mol. The molecular weight excluding hydrogens is 248 g/mol. The molecule has 1 N–H and O–H groups in total. The standard InChI is InChI=1S/C13H20N2O4/c1-2-19-13(18)9-4-3-7-15(8-9)12(17)10-5-6-11(16)14-10/h9-10H,2-8H2,1H3,(H,14,16)/t9-,10?/m0/s1. The van der Waals surface area contributed by atoms with Gasteiger partial charge < -0.3 is 15.0 Å². The topological polar surface area (TPSA) is 75.7 Å². The molecule has 2 fully saturated rings. The molecule has 19 heavy (non-hydrogen) atoms. The van der Waals surface area contributed by atoms with Gasteiger partial charge in [0.25, 0.3) is 0 Å². The van der Waals surface area contributed by atoms with Crippen LogP contribution in [0.15, 0.2) is 0 Å². The van der Waals surface area contributed by atoms with Crippen LogP contribution >= 0.6 is 0 Å². The molecule has 0 bridgehead atoms. The smallest absolute Gasteiger partial charge is 0.310 e. The van der Waals surface area contributed by atoms with Gasteiger partial charge in [-0.3, -0.25) is 14.4 Å². The fraction of sp³-hybridized carbons (Fsp3) is 0.769. The summed E-state index contributed by atoms with van der Waals surface area (Å²) in [5.74, 6) is -0.595. The molecule has 2 heterocycles. The van der Waals surface area contributed by atoms with E-state index in [1.807, 2.05) is 0 Å². The van der Waals surface area contributed by atoms with Gasteiger partial charge in [-0.15, -0.1) is 0 Å². The third-order valence-corrected chi connectivity index (χ3v) is 3.65. The summed E-state index contributed by atoms with van der Waals surface area (Å²) in [6, 6.07) is -0.409. The highest BCUT2D eigenvalue weighted by molar-refractivity contribution is 5.91. The summed E-state index contributed by atoms with van der Waals surface area (Å²) in [5, 5.41) is 2.67. The number of ether oxygens (including phenoxy) is 1. The summed E-state index contributed by atoms with van der Waals surface area (Å²) in [5.41, 5.74) is 0. The average Bonchev–Trinajstić information content (AvgIpc) is 2.85. The van der Waals surface area contributed by atoms with Crippen LogP contribution in [-0.4, -0.2) is 48.4 Å². The number of nitrogens with one attached hydrogen (secondary N) is 1. The quantitative estimate of drug-likeness (QED) is 0.735. The monoisotopic (exact) mass is 268 g/mol. The fourth-order valence-electron chi connectivity index (χ4n) is 2.65. The van der Waals surface area contributed by atoms with E-state index in [0.717, 1.165) is 12.8 Å². The molecule has 0 aliphatic carbocycles. The van der Waals surface area contributed by atoms with Crippen LogP contribution in [0, 0.1) is 5.92 Å². The Hall–Kier alpha value is -1.59. The first kappa shape index (κ1) is 13.8. The zero-order valence-electron chi connectivity index (χ0n) is 11.2. The molecule has 0 saturated carbocycles. The molecule has 6 nitrogen and oxygen atoms in total. The maximum Gasteiger partial charge on any atom is 0.310 e. The molecule has 2 atom stereocenters. The molecule has 2 aliphatic heterocycles. The highest BCUT2D eigenvalue weighted by Gasteiger charge is 2.35. The van der Waals surface area contributed by atoms with Crippen molar-refractivity contribution in [1.29, 1.82) is 0 Å². The van der Waals surface area contributed by atoms with Crippen molar-refractivity contribution in [2.24, 2.45) is 5.92 Å². The molecule has 2 saturated heterocycles. The minimum absolute atomic E-state index is 0.0696. The molecule has 2 aliphatic rings. The van der Waals surface area contributed by atoms with E-state index in [9.17, 15) is 14.4 Å². The molecule has 0 radical (unpaired) electrons. The Labute approximate surface area is 112 Å². The van der Waals surface area contributed by atoms with Crippen molar-refractivity contribution in [1.82, 2.24) is 10.2 Å². The van der Waals surface area contributed by atoms with Crippen molar-refractivity contribution in [2.45, 2.75) is 38.6 Å². The number of carbonyl (C=O) groups excluding carboxylic acids is 3. The van der Waals surface area contributed by atoms with E-state index in [0.29, 0.717) is 32.5 Å². The largest absolute Gasteiger partial charge is 0.466 e. The van der Waals surface area contributed by atoms with E-state index in [1.54, 1.807) is 11.8 Å². The number of esters is 1. The SMILES string of the molecule is CCOC(=O)[C@H]1CCCN(C(=O)C2CCC(=O)N2)C1. The lowest BCUT2D eigenvalue weighted by Crippen LogP contribution is -2.49. The highest BCUT2D eigenvalue weighted by Crippen LogP contribution is 2.20. The van der Waals surface area contributed by atoms with Crippen molar-refractivity contribution in [2.75, 3.05) is 19.7 Å². The molecule has 0 spiro atoms. The highest BCUT2D eigenvalue weighted by atomic mass is 16.5. The van der Waals surface area contributed by atoms with Crippen molar-refractivity contribution in [3.8, 4) is 0 Å². The Morgan fingerprint density at radius 2 is 2.21 bits per heavy atom. The van der Waals surface area contributed by atoms with Gasteiger partial charge in [0.2, 0.25) is 11.8 Å². The lowest BCUT2D eigenvalue weighted by Gasteiger charge is -2.33. The van der Waals surface area contributed by atoms with Gasteiger partial charge in [0.15, 0.2) is 0 Å². The van der Waals surface area contributed by atoms with Gasteiger partial charge in [0, 0.05) is 19.5 Å². The second-order valence-corrected chi connectivity index (χ2v) is 5.03. The number of piperidine rings is 1. The van der Waals surface area contributed by atoms with Crippen LogP contribution < -0.4 is 5.32 Å². The van der Waals surface area contributed by atoms with Crippen molar-refractivity contribution >= 4 is 17.8 Å². The summed E-state index contributed by atoms with van der Waals surface area (Å²) in [6.45, 7) is 3.20. The maximum absolute atomic E-state index is 12.2. The zero-order chi connectivity index (χ0) is 13.8. The van der Waals surface area contributed by atoms with Crippen LogP contribution in [0.2, 0.25) is 0 Å². The van der Waals surface area contributed by atoms with E-state index in [4.69, 9.17) is 4.74 Å². The summed E-state index contributed by atoms with van der Waals surface area (Å²) in [4.78, 5) is 36.8. The third-order valence-electron chi connectivity index (χ3n) is 3.65. The average molecular weight is 268 g/mol. The molecule has 106 valence electrons. The predicted octanol–water partition coefficient (Wildman–Crippen LogP) is 0.0667. The first-order valence-corrected chi connectivity index (χ1v) is 6.86. The van der Waals surface area contributed by atoms with E-state index in [1.165, 1.54) is 0 Å². The molecular formula is C13H20N2O4. The Bertz CT molecular complexity index is 383. The maximum atomic E-state index is 12.2. The van der Waals surface area contributed by atoms with Crippen LogP contribution in [0.3, 0.4) is 0 Å². The summed E-state index contributed by atoms with van der Waals surface area (Å²) in [6.07, 6.45) is 2.53. The first-order chi connectivity index (χ1) is 9.11. The summed E-state index contributed by atoms with van der Waals surface area (Å²) >= 11 is 0. The summed E-state index contributed by atoms with van der Waals surface area (Å²) < 4.78 is 5.01. The molecule has 6 heteroatoms. The molecule has 0 aromatic carbocycles. The van der Waals surface area contributed by atoms with Crippen LogP contribution in [0.4, 0.5) is 0 Å². The fourth-order valence-corrected chi connectivity index (χ4v) is 2.65. The Morgan fingerprint density at radius 1 is 1.42 bits per heavy atom. The van der Waals surface area contributed by atoms with Crippen LogP contribution in [-0.2, 0) is 19.1 Å².